The molecule has 0 aliphatic carbocycles. The lowest BCUT2D eigenvalue weighted by Crippen LogP contribution is -2.16. The number of H-pyrrole nitrogens is 1. The molecule has 0 radical (unpaired) electrons. The molecule has 1 aromatic heterocycles. The van der Waals surface area contributed by atoms with Crippen LogP contribution in [0, 0.1) is 0 Å². The standard InChI is InChI=1S/C21H14ClN3O2/c22-14-10-11-16(24-20(26)13-6-2-1-3-7-13)15(12-14)19-21(27)25-18-9-5-4-8-17(18)23-19/h1-12H,(H,24,26)(H,25,27). The van der Waals surface area contributed by atoms with Crippen molar-refractivity contribution in [3.8, 4) is 11.3 Å². The number of benzene rings is 3. The number of anilines is 1. The summed E-state index contributed by atoms with van der Waals surface area (Å²) in [4.78, 5) is 32.4. The fourth-order valence-corrected chi connectivity index (χ4v) is 2.99. The number of hydrogen-bond acceptors (Lipinski definition) is 3. The van der Waals surface area contributed by atoms with Gasteiger partial charge in [-0.25, -0.2) is 4.98 Å². The first-order valence-corrected chi connectivity index (χ1v) is 8.65. The second kappa shape index (κ2) is 7.05. The van der Waals surface area contributed by atoms with Crippen molar-refractivity contribution in [1.29, 1.82) is 0 Å². The van der Waals surface area contributed by atoms with Crippen molar-refractivity contribution in [2.24, 2.45) is 0 Å². The van der Waals surface area contributed by atoms with E-state index >= 15 is 0 Å². The highest BCUT2D eigenvalue weighted by molar-refractivity contribution is 6.31. The molecule has 0 spiro atoms. The summed E-state index contributed by atoms with van der Waals surface area (Å²) >= 11 is 6.14. The maximum absolute atomic E-state index is 12.6. The monoisotopic (exact) mass is 375 g/mol. The number of halogens is 1. The number of para-hydroxylation sites is 2. The van der Waals surface area contributed by atoms with E-state index in [0.717, 1.165) is 0 Å². The average Bonchev–Trinajstić information content (AvgIpc) is 2.69. The number of fused-ring (bicyclic) bond motifs is 1. The minimum Gasteiger partial charge on any atom is -0.321 e. The smallest absolute Gasteiger partial charge is 0.275 e. The third kappa shape index (κ3) is 3.45. The van der Waals surface area contributed by atoms with Crippen molar-refractivity contribution >= 4 is 34.2 Å². The van der Waals surface area contributed by atoms with Crippen LogP contribution in [0.4, 0.5) is 5.69 Å². The molecule has 0 fully saturated rings. The van der Waals surface area contributed by atoms with Gasteiger partial charge in [0.05, 0.1) is 16.7 Å². The van der Waals surface area contributed by atoms with E-state index in [1.807, 2.05) is 24.3 Å². The van der Waals surface area contributed by atoms with E-state index < -0.39 is 0 Å². The Morgan fingerprint density at radius 3 is 2.52 bits per heavy atom. The zero-order chi connectivity index (χ0) is 18.8. The Morgan fingerprint density at radius 1 is 0.963 bits per heavy atom. The highest BCUT2D eigenvalue weighted by Gasteiger charge is 2.15. The topological polar surface area (TPSA) is 74.8 Å². The van der Waals surface area contributed by atoms with E-state index in [-0.39, 0.29) is 17.2 Å². The lowest BCUT2D eigenvalue weighted by atomic mass is 10.1. The van der Waals surface area contributed by atoms with Gasteiger partial charge < -0.3 is 10.3 Å². The van der Waals surface area contributed by atoms with Gasteiger partial charge in [-0.2, -0.15) is 0 Å². The Bertz CT molecular complexity index is 1200. The molecule has 1 amide bonds. The van der Waals surface area contributed by atoms with Crippen molar-refractivity contribution in [3.05, 3.63) is 93.7 Å². The number of nitrogens with zero attached hydrogens (tertiary/aromatic N) is 1. The van der Waals surface area contributed by atoms with Crippen LogP contribution < -0.4 is 10.9 Å². The molecule has 2 N–H and O–H groups in total. The molecular formula is C21H14ClN3O2. The van der Waals surface area contributed by atoms with Crippen LogP contribution in [-0.2, 0) is 0 Å². The van der Waals surface area contributed by atoms with Crippen LogP contribution in [0.15, 0.2) is 77.6 Å². The molecule has 0 bridgehead atoms. The summed E-state index contributed by atoms with van der Waals surface area (Å²) in [6.07, 6.45) is 0. The minimum absolute atomic E-state index is 0.194. The van der Waals surface area contributed by atoms with Gasteiger partial charge in [0.15, 0.2) is 0 Å². The molecule has 0 aliphatic heterocycles. The van der Waals surface area contributed by atoms with Crippen LogP contribution in [0.25, 0.3) is 22.3 Å². The van der Waals surface area contributed by atoms with Gasteiger partial charge in [-0.05, 0) is 42.5 Å². The molecule has 0 saturated heterocycles. The molecule has 132 valence electrons. The summed E-state index contributed by atoms with van der Waals surface area (Å²) in [6, 6.07) is 21.0. The third-order valence-corrected chi connectivity index (χ3v) is 4.36. The predicted octanol–water partition coefficient (Wildman–Crippen LogP) is 4.50. The quantitative estimate of drug-likeness (QED) is 0.553. The second-order valence-electron chi connectivity index (χ2n) is 5.94. The number of hydrogen-bond donors (Lipinski definition) is 2. The van der Waals surface area contributed by atoms with Gasteiger partial charge in [-0.1, -0.05) is 41.9 Å². The van der Waals surface area contributed by atoms with Crippen molar-refractivity contribution < 1.29 is 4.79 Å². The van der Waals surface area contributed by atoms with E-state index in [9.17, 15) is 9.59 Å². The van der Waals surface area contributed by atoms with E-state index in [4.69, 9.17) is 11.6 Å². The van der Waals surface area contributed by atoms with Crippen molar-refractivity contribution in [1.82, 2.24) is 9.97 Å². The largest absolute Gasteiger partial charge is 0.321 e. The van der Waals surface area contributed by atoms with E-state index in [1.54, 1.807) is 48.5 Å². The Balaban J connectivity index is 1.82. The van der Waals surface area contributed by atoms with E-state index in [1.165, 1.54) is 0 Å². The maximum Gasteiger partial charge on any atom is 0.275 e. The van der Waals surface area contributed by atoms with Gasteiger partial charge in [-0.15, -0.1) is 0 Å². The molecule has 27 heavy (non-hydrogen) atoms. The fraction of sp³-hybridized carbons (Fsp3) is 0. The molecule has 1 heterocycles. The zero-order valence-electron chi connectivity index (χ0n) is 14.1. The first kappa shape index (κ1) is 17.0. The number of aromatic amines is 1. The summed E-state index contributed by atoms with van der Waals surface area (Å²) in [5.41, 5.74) is 2.56. The normalized spacial score (nSPS) is 10.7. The second-order valence-corrected chi connectivity index (χ2v) is 6.38. The third-order valence-electron chi connectivity index (χ3n) is 4.12. The van der Waals surface area contributed by atoms with Crippen LogP contribution in [0.1, 0.15) is 10.4 Å². The predicted molar refractivity (Wildman–Crippen MR) is 107 cm³/mol. The van der Waals surface area contributed by atoms with Crippen LogP contribution >= 0.6 is 11.6 Å². The average molecular weight is 376 g/mol. The minimum atomic E-state index is -0.355. The summed E-state index contributed by atoms with van der Waals surface area (Å²) in [6.45, 7) is 0. The number of carbonyl (C=O) groups excluding carboxylic acids is 1. The van der Waals surface area contributed by atoms with Gasteiger partial charge in [-0.3, -0.25) is 9.59 Å². The lowest BCUT2D eigenvalue weighted by Gasteiger charge is -2.11. The Morgan fingerprint density at radius 2 is 1.70 bits per heavy atom. The highest BCUT2D eigenvalue weighted by Crippen LogP contribution is 2.29. The van der Waals surface area contributed by atoms with E-state index in [2.05, 4.69) is 15.3 Å². The van der Waals surface area contributed by atoms with E-state index in [0.29, 0.717) is 32.9 Å². The number of amides is 1. The van der Waals surface area contributed by atoms with Crippen LogP contribution in [0.5, 0.6) is 0 Å². The molecule has 0 aliphatic rings. The first-order valence-electron chi connectivity index (χ1n) is 8.27. The number of carbonyl (C=O) groups is 1. The van der Waals surface area contributed by atoms with Gasteiger partial charge in [0.2, 0.25) is 0 Å². The van der Waals surface area contributed by atoms with Gasteiger partial charge in [0.1, 0.15) is 5.69 Å². The number of aromatic nitrogens is 2. The molecule has 4 rings (SSSR count). The fourth-order valence-electron chi connectivity index (χ4n) is 2.82. The molecular weight excluding hydrogens is 362 g/mol. The molecule has 0 unspecified atom stereocenters. The van der Waals surface area contributed by atoms with Crippen molar-refractivity contribution in [3.63, 3.8) is 0 Å². The summed E-state index contributed by atoms with van der Waals surface area (Å²) in [7, 11) is 0. The maximum atomic E-state index is 12.6. The van der Waals surface area contributed by atoms with Crippen LogP contribution in [0.2, 0.25) is 5.02 Å². The van der Waals surface area contributed by atoms with Gasteiger partial charge in [0, 0.05) is 16.1 Å². The highest BCUT2D eigenvalue weighted by atomic mass is 35.5. The van der Waals surface area contributed by atoms with Gasteiger partial charge >= 0.3 is 0 Å². The van der Waals surface area contributed by atoms with Crippen LogP contribution in [-0.4, -0.2) is 15.9 Å². The van der Waals surface area contributed by atoms with Crippen molar-refractivity contribution in [2.75, 3.05) is 5.32 Å². The molecule has 3 aromatic carbocycles. The molecule has 5 nitrogen and oxygen atoms in total. The lowest BCUT2D eigenvalue weighted by molar-refractivity contribution is 0.102. The Hall–Kier alpha value is -3.44. The summed E-state index contributed by atoms with van der Waals surface area (Å²) < 4.78 is 0. The summed E-state index contributed by atoms with van der Waals surface area (Å²) in [5, 5.41) is 3.28. The van der Waals surface area contributed by atoms with Gasteiger partial charge in [0.25, 0.3) is 11.5 Å². The SMILES string of the molecule is O=C(Nc1ccc(Cl)cc1-c1nc2ccccc2[nH]c1=O)c1ccccc1. The summed E-state index contributed by atoms with van der Waals surface area (Å²) in [5.74, 6) is -0.281. The molecule has 4 aromatic rings. The molecule has 6 heteroatoms. The Kier molecular flexibility index (Phi) is 4.44. The molecule has 0 saturated carbocycles. The van der Waals surface area contributed by atoms with Crippen molar-refractivity contribution in [2.45, 2.75) is 0 Å². The number of nitrogens with one attached hydrogen (secondary N) is 2. The number of rotatable bonds is 3. The van der Waals surface area contributed by atoms with Crippen LogP contribution in [0.3, 0.4) is 0 Å². The molecule has 0 atom stereocenters. The Labute approximate surface area is 159 Å². The first-order chi connectivity index (χ1) is 13.1. The zero-order valence-corrected chi connectivity index (χ0v) is 14.8.